The fourth-order valence-electron chi connectivity index (χ4n) is 3.66. The van der Waals surface area contributed by atoms with Crippen LogP contribution in [0.1, 0.15) is 42.0 Å². The number of aromatic nitrogens is 3. The minimum atomic E-state index is 0.589. The third-order valence-electron chi connectivity index (χ3n) is 5.14. The van der Waals surface area contributed by atoms with Gasteiger partial charge in [-0.2, -0.15) is 5.26 Å². The van der Waals surface area contributed by atoms with E-state index in [0.29, 0.717) is 17.9 Å². The normalized spacial score (nSPS) is 18.1. The van der Waals surface area contributed by atoms with E-state index in [1.807, 2.05) is 6.08 Å². The topological polar surface area (TPSA) is 57.7 Å². The minimum Gasteiger partial charge on any atom is -0.330 e. The number of hydrogen-bond donors (Lipinski definition) is 0. The van der Waals surface area contributed by atoms with E-state index in [9.17, 15) is 5.26 Å². The van der Waals surface area contributed by atoms with Crippen molar-refractivity contribution in [1.29, 1.82) is 5.26 Å². The van der Waals surface area contributed by atoms with Gasteiger partial charge in [0.2, 0.25) is 0 Å². The first-order valence-electron chi connectivity index (χ1n) is 9.62. The number of hydrogen-bond acceptors (Lipinski definition) is 5. The van der Waals surface area contributed by atoms with Crippen molar-refractivity contribution in [3.05, 3.63) is 70.1 Å². The molecule has 4 rings (SSSR count). The van der Waals surface area contributed by atoms with E-state index in [-0.39, 0.29) is 0 Å². The summed E-state index contributed by atoms with van der Waals surface area (Å²) in [6.45, 7) is 7.51. The summed E-state index contributed by atoms with van der Waals surface area (Å²) in [5, 5.41) is 21.8. The first kappa shape index (κ1) is 18.6. The van der Waals surface area contributed by atoms with Gasteiger partial charge in [-0.15, -0.1) is 16.8 Å². The van der Waals surface area contributed by atoms with E-state index >= 15 is 0 Å². The lowest BCUT2D eigenvalue weighted by molar-refractivity contribution is 0.586. The lowest BCUT2D eigenvalue weighted by atomic mass is 10.1. The van der Waals surface area contributed by atoms with Gasteiger partial charge in [-0.1, -0.05) is 54.1 Å². The first-order chi connectivity index (χ1) is 13.7. The van der Waals surface area contributed by atoms with E-state index < -0.39 is 0 Å². The van der Waals surface area contributed by atoms with Crippen LogP contribution in [0.5, 0.6) is 0 Å². The summed E-state index contributed by atoms with van der Waals surface area (Å²) in [5.41, 5.74) is 4.03. The highest BCUT2D eigenvalue weighted by Gasteiger charge is 2.28. The van der Waals surface area contributed by atoms with Crippen molar-refractivity contribution in [2.75, 3.05) is 6.54 Å². The molecule has 0 atom stereocenters. The van der Waals surface area contributed by atoms with Gasteiger partial charge in [0.05, 0.1) is 5.70 Å². The number of aryl methyl sites for hydroxylation is 2. The molecular formula is C22H23N5S. The van der Waals surface area contributed by atoms with Gasteiger partial charge in [-0.05, 0) is 25.3 Å². The average Bonchev–Trinajstić information content (AvgIpc) is 3.21. The monoisotopic (exact) mass is 389 g/mol. The summed E-state index contributed by atoms with van der Waals surface area (Å²) in [7, 11) is 0. The zero-order chi connectivity index (χ0) is 19.5. The van der Waals surface area contributed by atoms with Crippen molar-refractivity contribution >= 4 is 23.0 Å². The van der Waals surface area contributed by atoms with Gasteiger partial charge in [0.1, 0.15) is 22.5 Å². The van der Waals surface area contributed by atoms with Crippen LogP contribution < -0.4 is 0 Å². The second-order valence-corrected chi connectivity index (χ2v) is 7.94. The molecule has 6 heteroatoms. The number of rotatable bonds is 4. The number of nitrogens with zero attached hydrogens (tertiary/aromatic N) is 5. The maximum Gasteiger partial charge on any atom is 0.177 e. The Kier molecular flexibility index (Phi) is 5.36. The molecule has 2 aliphatic rings. The summed E-state index contributed by atoms with van der Waals surface area (Å²) in [5.74, 6) is 1.68. The Balaban J connectivity index is 1.77. The number of nitriles is 1. The molecule has 0 radical (unpaired) electrons. The Bertz CT molecular complexity index is 991. The highest BCUT2D eigenvalue weighted by molar-refractivity contribution is 8.06. The third kappa shape index (κ3) is 3.38. The minimum absolute atomic E-state index is 0.589. The van der Waals surface area contributed by atoms with Gasteiger partial charge >= 0.3 is 0 Å². The molecule has 2 aromatic rings. The SMILES string of the molecule is C=CCN1C(c2ccc(C)cc2)=CSC1=C(C#N)c1nnc2n1CCCCC2. The quantitative estimate of drug-likeness (QED) is 0.558. The molecule has 0 saturated carbocycles. The van der Waals surface area contributed by atoms with Crippen molar-refractivity contribution in [1.82, 2.24) is 19.7 Å². The smallest absolute Gasteiger partial charge is 0.177 e. The molecule has 28 heavy (non-hydrogen) atoms. The average molecular weight is 390 g/mol. The Morgan fingerprint density at radius 1 is 1.25 bits per heavy atom. The van der Waals surface area contributed by atoms with E-state index in [1.54, 1.807) is 11.8 Å². The van der Waals surface area contributed by atoms with E-state index in [1.165, 1.54) is 12.0 Å². The second-order valence-electron chi connectivity index (χ2n) is 7.08. The maximum absolute atomic E-state index is 10.0. The van der Waals surface area contributed by atoms with Gasteiger partial charge < -0.3 is 9.47 Å². The number of thioether (sulfide) groups is 1. The fourth-order valence-corrected chi connectivity index (χ4v) is 4.71. The summed E-state index contributed by atoms with van der Waals surface area (Å²) >= 11 is 1.58. The van der Waals surface area contributed by atoms with Crippen LogP contribution in [0.2, 0.25) is 0 Å². The predicted octanol–water partition coefficient (Wildman–Crippen LogP) is 4.74. The summed E-state index contributed by atoms with van der Waals surface area (Å²) < 4.78 is 2.13. The van der Waals surface area contributed by atoms with Gasteiger partial charge in [0.15, 0.2) is 5.82 Å². The van der Waals surface area contributed by atoms with E-state index in [2.05, 4.69) is 68.9 Å². The molecule has 1 aromatic carbocycles. The lowest BCUT2D eigenvalue weighted by Crippen LogP contribution is -2.18. The lowest BCUT2D eigenvalue weighted by Gasteiger charge is -2.23. The zero-order valence-electron chi connectivity index (χ0n) is 16.1. The van der Waals surface area contributed by atoms with Gasteiger partial charge in [-0.3, -0.25) is 0 Å². The Hall–Kier alpha value is -2.78. The largest absolute Gasteiger partial charge is 0.330 e. The highest BCUT2D eigenvalue weighted by Crippen LogP contribution is 2.43. The molecule has 0 unspecified atom stereocenters. The molecule has 142 valence electrons. The van der Waals surface area contributed by atoms with Crippen molar-refractivity contribution < 1.29 is 0 Å². The number of fused-ring (bicyclic) bond motifs is 1. The van der Waals surface area contributed by atoms with Gasteiger partial charge in [-0.25, -0.2) is 0 Å². The van der Waals surface area contributed by atoms with Crippen LogP contribution in [0.4, 0.5) is 0 Å². The standard InChI is InChI=1S/C22H23N5S/c1-3-12-26-19(17-10-8-16(2)9-11-17)15-28-22(26)18(14-23)21-25-24-20-7-5-4-6-13-27(20)21/h3,8-11,15H,1,4-7,12-13H2,2H3. The van der Waals surface area contributed by atoms with Crippen molar-refractivity contribution in [3.8, 4) is 6.07 Å². The van der Waals surface area contributed by atoms with Crippen LogP contribution in [0.3, 0.4) is 0 Å². The fraction of sp³-hybridized carbons (Fsp3) is 0.318. The summed E-state index contributed by atoms with van der Waals surface area (Å²) in [6.07, 6.45) is 6.22. The molecule has 0 amide bonds. The van der Waals surface area contributed by atoms with Gasteiger partial charge in [0, 0.05) is 24.9 Å². The summed E-state index contributed by atoms with van der Waals surface area (Å²) in [4.78, 5) is 2.15. The number of allylic oxidation sites excluding steroid dienone is 1. The molecule has 0 bridgehead atoms. The van der Waals surface area contributed by atoms with E-state index in [4.69, 9.17) is 0 Å². The van der Waals surface area contributed by atoms with Crippen molar-refractivity contribution in [2.24, 2.45) is 0 Å². The van der Waals surface area contributed by atoms with Crippen LogP contribution in [-0.2, 0) is 13.0 Å². The molecule has 2 aliphatic heterocycles. The van der Waals surface area contributed by atoms with Gasteiger partial charge in [0.25, 0.3) is 0 Å². The van der Waals surface area contributed by atoms with Crippen LogP contribution in [0.25, 0.3) is 11.3 Å². The van der Waals surface area contributed by atoms with Crippen LogP contribution >= 0.6 is 11.8 Å². The van der Waals surface area contributed by atoms with E-state index in [0.717, 1.165) is 47.9 Å². The molecule has 0 aliphatic carbocycles. The van der Waals surface area contributed by atoms with Crippen molar-refractivity contribution in [3.63, 3.8) is 0 Å². The van der Waals surface area contributed by atoms with Crippen molar-refractivity contribution in [2.45, 2.75) is 39.2 Å². The summed E-state index contributed by atoms with van der Waals surface area (Å²) in [6, 6.07) is 10.9. The third-order valence-corrected chi connectivity index (χ3v) is 6.12. The molecule has 1 aromatic heterocycles. The Morgan fingerprint density at radius 3 is 2.82 bits per heavy atom. The molecule has 0 N–H and O–H groups in total. The number of benzene rings is 1. The predicted molar refractivity (Wildman–Crippen MR) is 114 cm³/mol. The molecule has 0 spiro atoms. The zero-order valence-corrected chi connectivity index (χ0v) is 16.9. The highest BCUT2D eigenvalue weighted by atomic mass is 32.2. The Labute approximate surface area is 170 Å². The first-order valence-corrected chi connectivity index (χ1v) is 10.5. The maximum atomic E-state index is 10.0. The molecular weight excluding hydrogens is 366 g/mol. The van der Waals surface area contributed by atoms with Crippen LogP contribution in [0, 0.1) is 18.3 Å². The second kappa shape index (κ2) is 8.07. The molecule has 3 heterocycles. The van der Waals surface area contributed by atoms with Crippen LogP contribution in [0.15, 0.2) is 47.4 Å². The molecule has 5 nitrogen and oxygen atoms in total. The Morgan fingerprint density at radius 2 is 2.07 bits per heavy atom. The molecule has 0 fully saturated rings. The molecule has 0 saturated heterocycles. The van der Waals surface area contributed by atoms with Crippen LogP contribution in [-0.4, -0.2) is 26.2 Å².